The SMILES string of the molecule is C=CC1(C)CCC(C(=C)C)(C(=C)C)CC1. The first-order valence-corrected chi connectivity index (χ1v) is 5.82. The third-order valence-electron chi connectivity index (χ3n) is 4.37. The summed E-state index contributed by atoms with van der Waals surface area (Å²) in [5, 5.41) is 0. The molecule has 84 valence electrons. The molecule has 1 fully saturated rings. The first-order valence-electron chi connectivity index (χ1n) is 5.82. The normalized spacial score (nSPS) is 23.1. The minimum Gasteiger partial charge on any atom is -0.103 e. The smallest absolute Gasteiger partial charge is 0.0110 e. The Kier molecular flexibility index (Phi) is 3.28. The third-order valence-corrected chi connectivity index (χ3v) is 4.37. The van der Waals surface area contributed by atoms with E-state index in [-0.39, 0.29) is 5.41 Å². The highest BCUT2D eigenvalue weighted by Crippen LogP contribution is 2.52. The lowest BCUT2D eigenvalue weighted by Crippen LogP contribution is -2.33. The molecule has 15 heavy (non-hydrogen) atoms. The summed E-state index contributed by atoms with van der Waals surface area (Å²) in [7, 11) is 0. The predicted molar refractivity (Wildman–Crippen MR) is 68.8 cm³/mol. The average molecular weight is 204 g/mol. The Balaban J connectivity index is 2.88. The summed E-state index contributed by atoms with van der Waals surface area (Å²) in [6.45, 7) is 18.9. The Labute approximate surface area is 94.8 Å². The first-order chi connectivity index (χ1) is 6.86. The molecular formula is C15H24. The van der Waals surface area contributed by atoms with Crippen LogP contribution in [0.5, 0.6) is 0 Å². The minimum atomic E-state index is 0.197. The van der Waals surface area contributed by atoms with Gasteiger partial charge in [-0.3, -0.25) is 0 Å². The Morgan fingerprint density at radius 2 is 1.40 bits per heavy atom. The summed E-state index contributed by atoms with van der Waals surface area (Å²) in [4.78, 5) is 0. The van der Waals surface area contributed by atoms with E-state index in [2.05, 4.69) is 46.6 Å². The molecule has 1 aliphatic carbocycles. The van der Waals surface area contributed by atoms with E-state index in [1.54, 1.807) is 0 Å². The highest BCUT2D eigenvalue weighted by molar-refractivity contribution is 5.25. The zero-order valence-corrected chi connectivity index (χ0v) is 10.5. The number of hydrogen-bond acceptors (Lipinski definition) is 0. The largest absolute Gasteiger partial charge is 0.103 e. The van der Waals surface area contributed by atoms with Crippen molar-refractivity contribution in [1.82, 2.24) is 0 Å². The van der Waals surface area contributed by atoms with E-state index in [1.165, 1.54) is 36.8 Å². The molecule has 0 N–H and O–H groups in total. The van der Waals surface area contributed by atoms with Gasteiger partial charge in [-0.15, -0.1) is 6.58 Å². The number of allylic oxidation sites excluding steroid dienone is 3. The van der Waals surface area contributed by atoms with Gasteiger partial charge in [0.25, 0.3) is 0 Å². The molecule has 0 heterocycles. The summed E-state index contributed by atoms with van der Waals surface area (Å²) in [6, 6.07) is 0. The lowest BCUT2D eigenvalue weighted by Gasteiger charge is -2.45. The lowest BCUT2D eigenvalue weighted by atomic mass is 9.59. The molecule has 1 aliphatic rings. The van der Waals surface area contributed by atoms with Crippen LogP contribution in [0, 0.1) is 10.8 Å². The van der Waals surface area contributed by atoms with Crippen LogP contribution in [-0.4, -0.2) is 0 Å². The van der Waals surface area contributed by atoms with Crippen molar-refractivity contribution in [2.24, 2.45) is 10.8 Å². The van der Waals surface area contributed by atoms with Gasteiger partial charge < -0.3 is 0 Å². The van der Waals surface area contributed by atoms with Gasteiger partial charge in [0, 0.05) is 5.41 Å². The van der Waals surface area contributed by atoms with E-state index in [0.29, 0.717) is 5.41 Å². The molecule has 0 spiro atoms. The van der Waals surface area contributed by atoms with Crippen LogP contribution in [0.3, 0.4) is 0 Å². The van der Waals surface area contributed by atoms with Crippen molar-refractivity contribution < 1.29 is 0 Å². The summed E-state index contributed by atoms with van der Waals surface area (Å²) in [6.07, 6.45) is 6.89. The van der Waals surface area contributed by atoms with Gasteiger partial charge in [-0.1, -0.05) is 37.3 Å². The van der Waals surface area contributed by atoms with Crippen LogP contribution in [0.15, 0.2) is 37.0 Å². The molecule has 0 saturated heterocycles. The van der Waals surface area contributed by atoms with Crippen LogP contribution >= 0.6 is 0 Å². The van der Waals surface area contributed by atoms with E-state index < -0.39 is 0 Å². The first kappa shape index (κ1) is 12.3. The fourth-order valence-electron chi connectivity index (χ4n) is 2.67. The molecule has 0 radical (unpaired) electrons. The summed E-state index contributed by atoms with van der Waals surface area (Å²) in [5.74, 6) is 0. The molecule has 0 aromatic carbocycles. The van der Waals surface area contributed by atoms with E-state index in [0.717, 1.165) is 0 Å². The van der Waals surface area contributed by atoms with Crippen LogP contribution in [0.25, 0.3) is 0 Å². The monoisotopic (exact) mass is 204 g/mol. The standard InChI is InChI=1S/C15H24/c1-7-14(6)8-10-15(11-9-14,12(2)3)13(4)5/h7H,1-2,4,8-11H2,3,5-6H3. The second-order valence-corrected chi connectivity index (χ2v) is 5.50. The highest BCUT2D eigenvalue weighted by Gasteiger charge is 2.39. The second-order valence-electron chi connectivity index (χ2n) is 5.50. The van der Waals surface area contributed by atoms with E-state index >= 15 is 0 Å². The molecule has 0 unspecified atom stereocenters. The number of hydrogen-bond donors (Lipinski definition) is 0. The van der Waals surface area contributed by atoms with Gasteiger partial charge in [-0.05, 0) is 44.9 Å². The van der Waals surface area contributed by atoms with Gasteiger partial charge in [-0.25, -0.2) is 0 Å². The minimum absolute atomic E-state index is 0.197. The highest BCUT2D eigenvalue weighted by atomic mass is 14.4. The quantitative estimate of drug-likeness (QED) is 0.574. The zero-order valence-electron chi connectivity index (χ0n) is 10.5. The maximum Gasteiger partial charge on any atom is 0.0110 e. The van der Waals surface area contributed by atoms with Crippen molar-refractivity contribution in [3.63, 3.8) is 0 Å². The van der Waals surface area contributed by atoms with Crippen molar-refractivity contribution in [2.45, 2.75) is 46.5 Å². The van der Waals surface area contributed by atoms with Gasteiger partial charge in [0.2, 0.25) is 0 Å². The molecule has 1 rings (SSSR count). The second kappa shape index (κ2) is 4.00. The van der Waals surface area contributed by atoms with Gasteiger partial charge in [0.05, 0.1) is 0 Å². The van der Waals surface area contributed by atoms with Crippen LogP contribution in [0.4, 0.5) is 0 Å². The van der Waals surface area contributed by atoms with Crippen LogP contribution in [0.2, 0.25) is 0 Å². The molecule has 0 amide bonds. The number of rotatable bonds is 3. The molecule has 0 nitrogen and oxygen atoms in total. The molecule has 0 bridgehead atoms. The Bertz CT molecular complexity index is 269. The summed E-state index contributed by atoms with van der Waals surface area (Å²) in [5.41, 5.74) is 3.08. The van der Waals surface area contributed by atoms with Crippen LogP contribution in [-0.2, 0) is 0 Å². The molecule has 0 atom stereocenters. The fourth-order valence-corrected chi connectivity index (χ4v) is 2.67. The Morgan fingerprint density at radius 1 is 1.00 bits per heavy atom. The molecule has 0 aromatic heterocycles. The van der Waals surface area contributed by atoms with Crippen molar-refractivity contribution in [1.29, 1.82) is 0 Å². The van der Waals surface area contributed by atoms with Gasteiger partial charge in [0.1, 0.15) is 0 Å². The van der Waals surface area contributed by atoms with E-state index in [1.807, 2.05) is 0 Å². The van der Waals surface area contributed by atoms with Crippen molar-refractivity contribution in [3.8, 4) is 0 Å². The Hall–Kier alpha value is -0.780. The topological polar surface area (TPSA) is 0 Å². The van der Waals surface area contributed by atoms with Crippen LogP contribution < -0.4 is 0 Å². The maximum absolute atomic E-state index is 4.16. The molecule has 0 aliphatic heterocycles. The van der Waals surface area contributed by atoms with E-state index in [4.69, 9.17) is 0 Å². The van der Waals surface area contributed by atoms with Gasteiger partial charge in [0.15, 0.2) is 0 Å². The van der Waals surface area contributed by atoms with Crippen molar-refractivity contribution in [3.05, 3.63) is 37.0 Å². The van der Waals surface area contributed by atoms with Gasteiger partial charge >= 0.3 is 0 Å². The van der Waals surface area contributed by atoms with Crippen molar-refractivity contribution >= 4 is 0 Å². The Morgan fingerprint density at radius 3 is 1.67 bits per heavy atom. The van der Waals surface area contributed by atoms with E-state index in [9.17, 15) is 0 Å². The summed E-state index contributed by atoms with van der Waals surface area (Å²) < 4.78 is 0. The maximum atomic E-state index is 4.16. The zero-order chi connectivity index (χ0) is 11.7. The third kappa shape index (κ3) is 2.09. The summed E-state index contributed by atoms with van der Waals surface area (Å²) >= 11 is 0. The molecule has 0 aromatic rings. The molecule has 0 heteroatoms. The molecule has 1 saturated carbocycles. The molecular weight excluding hydrogens is 180 g/mol. The lowest BCUT2D eigenvalue weighted by molar-refractivity contribution is 0.184. The predicted octanol–water partition coefficient (Wildman–Crippen LogP) is 4.89. The van der Waals surface area contributed by atoms with Crippen molar-refractivity contribution in [2.75, 3.05) is 0 Å². The average Bonchev–Trinajstić information content (AvgIpc) is 2.18. The van der Waals surface area contributed by atoms with Gasteiger partial charge in [-0.2, -0.15) is 0 Å². The van der Waals surface area contributed by atoms with Crippen LogP contribution in [0.1, 0.15) is 46.5 Å². The fraction of sp³-hybridized carbons (Fsp3) is 0.600.